The fraction of sp³-hybridized carbons (Fsp3) is 0.286. The molecule has 1 aliphatic rings. The lowest BCUT2D eigenvalue weighted by Crippen LogP contribution is -2.48. The Morgan fingerprint density at radius 1 is 1.08 bits per heavy atom. The van der Waals surface area contributed by atoms with Crippen LogP contribution >= 0.6 is 0 Å². The number of primary amides is 1. The van der Waals surface area contributed by atoms with Crippen molar-refractivity contribution in [3.8, 4) is 11.5 Å². The summed E-state index contributed by atoms with van der Waals surface area (Å²) in [5, 5.41) is 0. The summed E-state index contributed by atoms with van der Waals surface area (Å²) < 4.78 is 48.4. The van der Waals surface area contributed by atoms with Crippen molar-refractivity contribution in [2.24, 2.45) is 11.1 Å². The second kappa shape index (κ2) is 9.72. The van der Waals surface area contributed by atoms with Crippen LogP contribution in [-0.2, 0) is 14.8 Å². The molecule has 37 heavy (non-hydrogen) atoms. The molecule has 0 radical (unpaired) electrons. The minimum atomic E-state index is -3.84. The summed E-state index contributed by atoms with van der Waals surface area (Å²) in [6.45, 7) is 1.92. The Bertz CT molecular complexity index is 1530. The summed E-state index contributed by atoms with van der Waals surface area (Å²) in [4.78, 5) is 17.1. The maximum Gasteiger partial charge on any atom is 0.240 e. The third kappa shape index (κ3) is 4.89. The average Bonchev–Trinajstić information content (AvgIpc) is 3.33. The maximum atomic E-state index is 13.4. The number of oxazole rings is 1. The van der Waals surface area contributed by atoms with Crippen molar-refractivity contribution in [1.82, 2.24) is 9.71 Å². The lowest BCUT2D eigenvalue weighted by molar-refractivity contribution is -0.131. The van der Waals surface area contributed by atoms with Crippen LogP contribution in [0.15, 0.2) is 82.1 Å². The molecule has 1 aliphatic carbocycles. The van der Waals surface area contributed by atoms with Gasteiger partial charge in [-0.1, -0.05) is 37.3 Å². The minimum Gasteiger partial charge on any atom is -0.436 e. The molecular weight excluding hydrogens is 493 g/mol. The molecule has 7 nitrogen and oxygen atoms in total. The summed E-state index contributed by atoms with van der Waals surface area (Å²) in [6.07, 6.45) is 1.76. The molecule has 0 unspecified atom stereocenters. The molecular formula is C28H28FN3O4S. The number of hydrogen-bond acceptors (Lipinski definition) is 5. The number of nitrogens with zero attached hydrogens (tertiary/aromatic N) is 1. The van der Waals surface area contributed by atoms with Crippen molar-refractivity contribution in [1.29, 1.82) is 0 Å². The SMILES string of the molecule is C[C@H](c1ccc(F)cc1)C1(C(N)=O)CCC(NS(=O)(=O)c2ccc3nc(-c4ccccc4)oc3c2)CC1. The molecule has 1 heterocycles. The molecule has 0 bridgehead atoms. The molecule has 5 rings (SSSR count). The van der Waals surface area contributed by atoms with Crippen LogP contribution in [0.1, 0.15) is 44.1 Å². The molecule has 0 spiro atoms. The van der Waals surface area contributed by atoms with E-state index in [9.17, 15) is 17.6 Å². The topological polar surface area (TPSA) is 115 Å². The van der Waals surface area contributed by atoms with Crippen LogP contribution in [0.5, 0.6) is 0 Å². The third-order valence-electron chi connectivity index (χ3n) is 7.58. The maximum absolute atomic E-state index is 13.4. The van der Waals surface area contributed by atoms with E-state index < -0.39 is 21.3 Å². The lowest BCUT2D eigenvalue weighted by Gasteiger charge is -2.42. The number of amides is 1. The number of aromatic nitrogens is 1. The molecule has 1 saturated carbocycles. The summed E-state index contributed by atoms with van der Waals surface area (Å²) in [6, 6.07) is 19.7. The van der Waals surface area contributed by atoms with Gasteiger partial charge in [-0.05, 0) is 73.6 Å². The van der Waals surface area contributed by atoms with Crippen LogP contribution in [0.3, 0.4) is 0 Å². The fourth-order valence-corrected chi connectivity index (χ4v) is 6.60. The van der Waals surface area contributed by atoms with Crippen LogP contribution < -0.4 is 10.5 Å². The number of carbonyl (C=O) groups excluding carboxylic acids is 1. The molecule has 1 aromatic heterocycles. The standard InChI is InChI=1S/C28H28FN3O4S/c1-18(19-7-9-21(29)10-8-19)28(27(30)33)15-13-22(14-16-28)32-37(34,35)23-11-12-24-25(17-23)36-26(31-24)20-5-3-2-4-6-20/h2-12,17-18,22,32H,13-16H2,1H3,(H2,30,33)/t18-,22?,28?/m1/s1. The monoisotopic (exact) mass is 521 g/mol. The van der Waals surface area contributed by atoms with E-state index in [4.69, 9.17) is 10.2 Å². The first kappa shape index (κ1) is 25.1. The molecule has 1 atom stereocenters. The van der Waals surface area contributed by atoms with E-state index in [2.05, 4.69) is 9.71 Å². The van der Waals surface area contributed by atoms with Crippen molar-refractivity contribution in [3.63, 3.8) is 0 Å². The molecule has 1 amide bonds. The molecule has 9 heteroatoms. The van der Waals surface area contributed by atoms with E-state index in [0.29, 0.717) is 42.7 Å². The lowest BCUT2D eigenvalue weighted by atomic mass is 9.63. The highest BCUT2D eigenvalue weighted by atomic mass is 32.2. The number of fused-ring (bicyclic) bond motifs is 1. The van der Waals surface area contributed by atoms with Gasteiger partial charge in [-0.2, -0.15) is 0 Å². The largest absolute Gasteiger partial charge is 0.436 e. The smallest absolute Gasteiger partial charge is 0.240 e. The van der Waals surface area contributed by atoms with Crippen LogP contribution in [0.2, 0.25) is 0 Å². The second-order valence-corrected chi connectivity index (χ2v) is 11.4. The number of halogens is 1. The first-order chi connectivity index (χ1) is 17.7. The molecule has 0 saturated heterocycles. The first-order valence-electron chi connectivity index (χ1n) is 12.2. The van der Waals surface area contributed by atoms with Crippen molar-refractivity contribution in [2.45, 2.75) is 49.5 Å². The highest BCUT2D eigenvalue weighted by Crippen LogP contribution is 2.47. The van der Waals surface area contributed by atoms with Gasteiger partial charge in [0.05, 0.1) is 10.3 Å². The van der Waals surface area contributed by atoms with E-state index >= 15 is 0 Å². The van der Waals surface area contributed by atoms with Gasteiger partial charge < -0.3 is 10.2 Å². The van der Waals surface area contributed by atoms with E-state index in [-0.39, 0.29) is 22.7 Å². The second-order valence-electron chi connectivity index (χ2n) is 9.70. The zero-order chi connectivity index (χ0) is 26.2. The Balaban J connectivity index is 1.31. The van der Waals surface area contributed by atoms with Crippen molar-refractivity contribution < 1.29 is 22.0 Å². The zero-order valence-corrected chi connectivity index (χ0v) is 21.2. The summed E-state index contributed by atoms with van der Waals surface area (Å²) in [5.74, 6) is -0.572. The van der Waals surface area contributed by atoms with Crippen molar-refractivity contribution >= 4 is 27.0 Å². The fourth-order valence-electron chi connectivity index (χ4n) is 5.28. The van der Waals surface area contributed by atoms with Crippen LogP contribution in [0.4, 0.5) is 4.39 Å². The van der Waals surface area contributed by atoms with Gasteiger partial charge in [-0.25, -0.2) is 22.5 Å². The Hall–Kier alpha value is -3.56. The Morgan fingerprint density at radius 3 is 2.41 bits per heavy atom. The number of nitrogens with one attached hydrogen (secondary N) is 1. The number of rotatable bonds is 7. The Labute approximate surface area is 214 Å². The molecule has 1 fully saturated rings. The predicted molar refractivity (Wildman–Crippen MR) is 138 cm³/mol. The Kier molecular flexibility index (Phi) is 6.59. The van der Waals surface area contributed by atoms with Crippen LogP contribution in [0, 0.1) is 11.2 Å². The van der Waals surface area contributed by atoms with Gasteiger partial charge in [0.1, 0.15) is 11.3 Å². The van der Waals surface area contributed by atoms with Gasteiger partial charge in [0.2, 0.25) is 21.8 Å². The Morgan fingerprint density at radius 2 is 1.76 bits per heavy atom. The molecule has 3 aromatic carbocycles. The number of benzene rings is 3. The summed E-state index contributed by atoms with van der Waals surface area (Å²) in [5.41, 5.74) is 7.61. The van der Waals surface area contributed by atoms with E-state index in [0.717, 1.165) is 11.1 Å². The van der Waals surface area contributed by atoms with Crippen LogP contribution in [0.25, 0.3) is 22.6 Å². The van der Waals surface area contributed by atoms with Gasteiger partial charge >= 0.3 is 0 Å². The van der Waals surface area contributed by atoms with Gasteiger partial charge in [0.25, 0.3) is 0 Å². The third-order valence-corrected chi connectivity index (χ3v) is 9.10. The van der Waals surface area contributed by atoms with E-state index in [1.165, 1.54) is 24.3 Å². The van der Waals surface area contributed by atoms with E-state index in [1.807, 2.05) is 37.3 Å². The van der Waals surface area contributed by atoms with E-state index in [1.54, 1.807) is 18.2 Å². The summed E-state index contributed by atoms with van der Waals surface area (Å²) in [7, 11) is -3.84. The highest BCUT2D eigenvalue weighted by molar-refractivity contribution is 7.89. The normalized spacial score (nSPS) is 21.1. The highest BCUT2D eigenvalue weighted by Gasteiger charge is 2.45. The number of sulfonamides is 1. The van der Waals surface area contributed by atoms with Crippen molar-refractivity contribution in [2.75, 3.05) is 0 Å². The molecule has 3 N–H and O–H groups in total. The number of nitrogens with two attached hydrogens (primary N) is 1. The average molecular weight is 522 g/mol. The molecule has 4 aromatic rings. The molecule has 192 valence electrons. The van der Waals surface area contributed by atoms with Gasteiger partial charge in [-0.3, -0.25) is 4.79 Å². The van der Waals surface area contributed by atoms with Gasteiger partial charge in [0, 0.05) is 17.7 Å². The minimum absolute atomic E-state index is 0.0854. The summed E-state index contributed by atoms with van der Waals surface area (Å²) >= 11 is 0. The zero-order valence-electron chi connectivity index (χ0n) is 20.4. The van der Waals surface area contributed by atoms with Gasteiger partial charge in [0.15, 0.2) is 5.58 Å². The quantitative estimate of drug-likeness (QED) is 0.350. The van der Waals surface area contributed by atoms with Gasteiger partial charge in [-0.15, -0.1) is 0 Å². The van der Waals surface area contributed by atoms with Crippen LogP contribution in [-0.4, -0.2) is 25.4 Å². The first-order valence-corrected chi connectivity index (χ1v) is 13.7. The number of carbonyl (C=O) groups is 1. The van der Waals surface area contributed by atoms with Crippen molar-refractivity contribution in [3.05, 3.63) is 84.2 Å². The predicted octanol–water partition coefficient (Wildman–Crippen LogP) is 5.13. The number of hydrogen-bond donors (Lipinski definition) is 2. The molecule has 0 aliphatic heterocycles.